The average molecular weight is 222 g/mol. The molecular weight excluding hydrogens is 216 g/mol. The van der Waals surface area contributed by atoms with E-state index in [-0.39, 0.29) is 5.56 Å². The highest BCUT2D eigenvalue weighted by atomic mass is 19.4. The Morgan fingerprint density at radius 3 is 2.07 bits per heavy atom. The zero-order chi connectivity index (χ0) is 11.6. The molecule has 0 aliphatic heterocycles. The third-order valence-electron chi connectivity index (χ3n) is 1.69. The van der Waals surface area contributed by atoms with Gasteiger partial charge >= 0.3 is 6.18 Å². The molecule has 0 fully saturated rings. The first-order chi connectivity index (χ1) is 6.82. The summed E-state index contributed by atoms with van der Waals surface area (Å²) in [6, 6.07) is 3.45. The van der Waals surface area contributed by atoms with Gasteiger partial charge in [0.25, 0.3) is 0 Å². The zero-order valence-electron chi connectivity index (χ0n) is 7.25. The Bertz CT molecular complexity index is 355. The smallest absolute Gasteiger partial charge is 0.377 e. The van der Waals surface area contributed by atoms with Crippen molar-refractivity contribution in [2.45, 2.75) is 12.3 Å². The van der Waals surface area contributed by atoms with Crippen molar-refractivity contribution < 1.29 is 27.5 Å². The summed E-state index contributed by atoms with van der Waals surface area (Å²) in [7, 11) is 0. The monoisotopic (exact) mass is 222 g/mol. The van der Waals surface area contributed by atoms with Gasteiger partial charge in [-0.25, -0.2) is 4.39 Å². The summed E-state index contributed by atoms with van der Waals surface area (Å²) < 4.78 is 48.1. The minimum atomic E-state index is -5.01. The van der Waals surface area contributed by atoms with Crippen LogP contribution in [0.4, 0.5) is 17.6 Å². The highest BCUT2D eigenvalue weighted by Crippen LogP contribution is 2.23. The van der Waals surface area contributed by atoms with Gasteiger partial charge in [0.05, 0.1) is 0 Å². The molecule has 0 aromatic heterocycles. The van der Waals surface area contributed by atoms with E-state index in [9.17, 15) is 22.4 Å². The van der Waals surface area contributed by atoms with E-state index in [1.807, 2.05) is 0 Å². The van der Waals surface area contributed by atoms with Crippen molar-refractivity contribution in [3.05, 3.63) is 35.6 Å². The molecule has 0 heterocycles. The summed E-state index contributed by atoms with van der Waals surface area (Å²) in [4.78, 5) is 11.0. The molecule has 1 N–H and O–H groups in total. The summed E-state index contributed by atoms with van der Waals surface area (Å²) in [5.41, 5.74) is -0.388. The van der Waals surface area contributed by atoms with Crippen molar-refractivity contribution >= 4 is 5.78 Å². The van der Waals surface area contributed by atoms with Crippen molar-refractivity contribution in [1.29, 1.82) is 0 Å². The molecule has 0 saturated carbocycles. The summed E-state index contributed by atoms with van der Waals surface area (Å²) in [5, 5.41) is 8.61. The van der Waals surface area contributed by atoms with Gasteiger partial charge in [0, 0.05) is 5.56 Å². The van der Waals surface area contributed by atoms with Gasteiger partial charge in [0.2, 0.25) is 11.9 Å². The van der Waals surface area contributed by atoms with Crippen LogP contribution in [0.5, 0.6) is 0 Å². The first-order valence-electron chi connectivity index (χ1n) is 3.87. The Morgan fingerprint density at radius 1 is 1.20 bits per heavy atom. The van der Waals surface area contributed by atoms with Gasteiger partial charge < -0.3 is 5.11 Å². The normalized spacial score (nSPS) is 13.7. The van der Waals surface area contributed by atoms with Crippen LogP contribution in [0, 0.1) is 5.82 Å². The summed E-state index contributed by atoms with van der Waals surface area (Å²) >= 11 is 0. The van der Waals surface area contributed by atoms with Crippen LogP contribution in [-0.4, -0.2) is 23.2 Å². The molecule has 1 rings (SSSR count). The van der Waals surface area contributed by atoms with E-state index in [0.29, 0.717) is 0 Å². The lowest BCUT2D eigenvalue weighted by molar-refractivity contribution is -0.186. The minimum absolute atomic E-state index is 0.388. The van der Waals surface area contributed by atoms with Crippen molar-refractivity contribution in [2.75, 3.05) is 0 Å². The maximum atomic E-state index is 12.4. The van der Waals surface area contributed by atoms with Crippen LogP contribution in [0.1, 0.15) is 10.4 Å². The number of aliphatic hydroxyl groups excluding tert-OH is 1. The molecule has 6 heteroatoms. The molecule has 0 amide bonds. The van der Waals surface area contributed by atoms with E-state index in [2.05, 4.69) is 0 Å². The molecule has 0 radical (unpaired) electrons. The highest BCUT2D eigenvalue weighted by molar-refractivity contribution is 5.99. The van der Waals surface area contributed by atoms with Crippen molar-refractivity contribution in [1.82, 2.24) is 0 Å². The Hall–Kier alpha value is -1.43. The fraction of sp³-hybridized carbons (Fsp3) is 0.222. The number of Topliss-reactive ketones (excluding diaryl/α,β-unsaturated/α-hetero) is 1. The van der Waals surface area contributed by atoms with Gasteiger partial charge in [-0.05, 0) is 24.3 Å². The van der Waals surface area contributed by atoms with Gasteiger partial charge in [-0.1, -0.05) is 0 Å². The van der Waals surface area contributed by atoms with Crippen LogP contribution < -0.4 is 0 Å². The quantitative estimate of drug-likeness (QED) is 0.613. The van der Waals surface area contributed by atoms with Crippen molar-refractivity contribution in [3.63, 3.8) is 0 Å². The minimum Gasteiger partial charge on any atom is -0.377 e. The van der Waals surface area contributed by atoms with Crippen LogP contribution in [0.3, 0.4) is 0 Å². The van der Waals surface area contributed by atoms with Gasteiger partial charge in [-0.3, -0.25) is 4.79 Å². The standard InChI is InChI=1S/C9H6F4O2/c10-6-3-1-5(2-4-6)7(14)8(15)9(11,12)13/h1-4,8,15H. The topological polar surface area (TPSA) is 37.3 Å². The molecule has 0 aliphatic carbocycles. The van der Waals surface area contributed by atoms with Gasteiger partial charge in [0.15, 0.2) is 0 Å². The third kappa shape index (κ3) is 2.76. The third-order valence-corrected chi connectivity index (χ3v) is 1.69. The maximum absolute atomic E-state index is 12.4. The number of halogens is 4. The van der Waals surface area contributed by atoms with Crippen LogP contribution in [0.2, 0.25) is 0 Å². The van der Waals surface area contributed by atoms with Crippen LogP contribution in [0.15, 0.2) is 24.3 Å². The first kappa shape index (κ1) is 11.6. The lowest BCUT2D eigenvalue weighted by Crippen LogP contribution is -2.36. The van der Waals surface area contributed by atoms with Gasteiger partial charge in [0.1, 0.15) is 5.82 Å². The molecule has 0 bridgehead atoms. The maximum Gasteiger partial charge on any atom is 0.421 e. The molecule has 15 heavy (non-hydrogen) atoms. The van der Waals surface area contributed by atoms with Gasteiger partial charge in [-0.2, -0.15) is 13.2 Å². The number of ketones is 1. The molecule has 0 saturated heterocycles. The van der Waals surface area contributed by atoms with Crippen LogP contribution >= 0.6 is 0 Å². The number of carbonyl (C=O) groups is 1. The number of carbonyl (C=O) groups excluding carboxylic acids is 1. The number of benzene rings is 1. The number of hydrogen-bond donors (Lipinski definition) is 1. The number of alkyl halides is 3. The molecule has 82 valence electrons. The second-order valence-corrected chi connectivity index (χ2v) is 2.82. The zero-order valence-corrected chi connectivity index (χ0v) is 7.25. The fourth-order valence-electron chi connectivity index (χ4n) is 0.921. The second kappa shape index (κ2) is 3.98. The summed E-state index contributed by atoms with van der Waals surface area (Å²) in [5.74, 6) is -2.17. The fourth-order valence-corrected chi connectivity index (χ4v) is 0.921. The Morgan fingerprint density at radius 2 is 1.67 bits per heavy atom. The van der Waals surface area contributed by atoms with E-state index in [1.54, 1.807) is 0 Å². The summed E-state index contributed by atoms with van der Waals surface area (Å²) in [6.45, 7) is 0. The predicted molar refractivity (Wildman–Crippen MR) is 42.8 cm³/mol. The number of rotatable bonds is 2. The Labute approximate surface area is 82.1 Å². The highest BCUT2D eigenvalue weighted by Gasteiger charge is 2.43. The van der Waals surface area contributed by atoms with E-state index >= 15 is 0 Å². The number of hydrogen-bond acceptors (Lipinski definition) is 2. The van der Waals surface area contributed by atoms with Crippen molar-refractivity contribution in [2.24, 2.45) is 0 Å². The van der Waals surface area contributed by atoms with E-state index < -0.39 is 23.9 Å². The van der Waals surface area contributed by atoms with Gasteiger partial charge in [-0.15, -0.1) is 0 Å². The van der Waals surface area contributed by atoms with Crippen molar-refractivity contribution in [3.8, 4) is 0 Å². The molecule has 1 aromatic carbocycles. The van der Waals surface area contributed by atoms with E-state index in [4.69, 9.17) is 5.11 Å². The second-order valence-electron chi connectivity index (χ2n) is 2.82. The molecule has 1 unspecified atom stereocenters. The Kier molecular flexibility index (Phi) is 3.09. The first-order valence-corrected chi connectivity index (χ1v) is 3.87. The molecule has 1 aromatic rings. The molecule has 1 atom stereocenters. The van der Waals surface area contributed by atoms with E-state index in [0.717, 1.165) is 24.3 Å². The largest absolute Gasteiger partial charge is 0.421 e. The molecule has 0 aliphatic rings. The van der Waals surface area contributed by atoms with E-state index in [1.165, 1.54) is 0 Å². The SMILES string of the molecule is O=C(c1ccc(F)cc1)C(O)C(F)(F)F. The lowest BCUT2D eigenvalue weighted by atomic mass is 10.1. The number of aliphatic hydroxyl groups is 1. The van der Waals surface area contributed by atoms with Crippen LogP contribution in [-0.2, 0) is 0 Å². The Balaban J connectivity index is 2.90. The predicted octanol–water partition coefficient (Wildman–Crippen LogP) is 1.93. The lowest BCUT2D eigenvalue weighted by Gasteiger charge is -2.12. The molecule has 0 spiro atoms. The summed E-state index contributed by atoms with van der Waals surface area (Å²) in [6.07, 6.45) is -8.08. The molecular formula is C9H6F4O2. The molecule has 2 nitrogen and oxygen atoms in total. The average Bonchev–Trinajstić information content (AvgIpc) is 2.15. The van der Waals surface area contributed by atoms with Crippen LogP contribution in [0.25, 0.3) is 0 Å².